The summed E-state index contributed by atoms with van der Waals surface area (Å²) in [5.74, 6) is 0.370. The SMILES string of the molecule is CC(=O)OC[C@@]1(C)CCC[C@]2(C)[C@H]3C4[C@@H](O)[C@@]12[C@@H](O)C43C. The highest BCUT2D eigenvalue weighted by Crippen LogP contribution is 2.94. The molecule has 0 heterocycles. The molecule has 0 aromatic rings. The van der Waals surface area contributed by atoms with Gasteiger partial charge in [0.05, 0.1) is 18.8 Å². The normalized spacial score (nSPS) is 63.3. The first-order valence-electron chi connectivity index (χ1n) is 8.17. The lowest BCUT2D eigenvalue weighted by atomic mass is 9.47. The van der Waals surface area contributed by atoms with Gasteiger partial charge in [0.2, 0.25) is 0 Å². The lowest BCUT2D eigenvalue weighted by Gasteiger charge is -2.58. The van der Waals surface area contributed by atoms with Gasteiger partial charge >= 0.3 is 5.97 Å². The second-order valence-electron chi connectivity index (χ2n) is 8.70. The Bertz CT molecular complexity index is 533. The summed E-state index contributed by atoms with van der Waals surface area (Å²) in [6.45, 7) is 8.24. The highest BCUT2D eigenvalue weighted by molar-refractivity contribution is 5.66. The van der Waals surface area contributed by atoms with E-state index >= 15 is 0 Å². The minimum Gasteiger partial charge on any atom is -0.465 e. The number of aliphatic hydroxyl groups is 2. The van der Waals surface area contributed by atoms with Gasteiger partial charge in [0.25, 0.3) is 0 Å². The molecule has 5 saturated carbocycles. The van der Waals surface area contributed by atoms with E-state index in [1.807, 2.05) is 0 Å². The number of carbonyl (C=O) groups excluding carboxylic acids is 1. The van der Waals surface area contributed by atoms with Crippen LogP contribution in [0.4, 0.5) is 0 Å². The molecule has 2 unspecified atom stereocenters. The first-order chi connectivity index (χ1) is 9.68. The Kier molecular flexibility index (Phi) is 2.32. The zero-order valence-corrected chi connectivity index (χ0v) is 13.3. The average molecular weight is 294 g/mol. The van der Waals surface area contributed by atoms with Crippen LogP contribution < -0.4 is 0 Å². The van der Waals surface area contributed by atoms with Crippen molar-refractivity contribution in [2.75, 3.05) is 6.61 Å². The molecule has 118 valence electrons. The van der Waals surface area contributed by atoms with Crippen LogP contribution in [0.25, 0.3) is 0 Å². The van der Waals surface area contributed by atoms with Gasteiger partial charge in [0.1, 0.15) is 0 Å². The fourth-order valence-corrected chi connectivity index (χ4v) is 7.61. The van der Waals surface area contributed by atoms with Crippen LogP contribution in [0.2, 0.25) is 0 Å². The molecule has 0 saturated heterocycles. The Morgan fingerprint density at radius 2 is 1.90 bits per heavy atom. The quantitative estimate of drug-likeness (QED) is 0.761. The summed E-state index contributed by atoms with van der Waals surface area (Å²) < 4.78 is 5.36. The Morgan fingerprint density at radius 1 is 1.24 bits per heavy atom. The van der Waals surface area contributed by atoms with Crippen molar-refractivity contribution in [3.8, 4) is 0 Å². The van der Waals surface area contributed by atoms with Crippen LogP contribution in [0.5, 0.6) is 0 Å². The van der Waals surface area contributed by atoms with E-state index in [2.05, 4.69) is 20.8 Å². The molecule has 5 aliphatic carbocycles. The van der Waals surface area contributed by atoms with Crippen molar-refractivity contribution in [1.82, 2.24) is 0 Å². The van der Waals surface area contributed by atoms with Crippen molar-refractivity contribution in [2.45, 2.75) is 59.2 Å². The monoisotopic (exact) mass is 294 g/mol. The summed E-state index contributed by atoms with van der Waals surface area (Å²) in [7, 11) is 0. The predicted octanol–water partition coefficient (Wildman–Crippen LogP) is 1.73. The molecule has 5 aliphatic rings. The molecular weight excluding hydrogens is 268 g/mol. The molecule has 2 N–H and O–H groups in total. The average Bonchev–Trinajstić information content (AvgIpc) is 2.85. The number of rotatable bonds is 2. The van der Waals surface area contributed by atoms with Crippen molar-refractivity contribution in [2.24, 2.45) is 33.5 Å². The van der Waals surface area contributed by atoms with E-state index in [1.165, 1.54) is 6.92 Å². The molecule has 21 heavy (non-hydrogen) atoms. The van der Waals surface area contributed by atoms with Gasteiger partial charge in [0.15, 0.2) is 0 Å². The van der Waals surface area contributed by atoms with Crippen LogP contribution in [0, 0.1) is 33.5 Å². The van der Waals surface area contributed by atoms with Crippen LogP contribution in [0.1, 0.15) is 47.0 Å². The number of esters is 1. The predicted molar refractivity (Wildman–Crippen MR) is 76.2 cm³/mol. The molecule has 0 aliphatic heterocycles. The maximum absolute atomic E-state index is 11.3. The zero-order chi connectivity index (χ0) is 15.4. The highest BCUT2D eigenvalue weighted by Gasteiger charge is 2.97. The molecule has 4 nitrogen and oxygen atoms in total. The van der Waals surface area contributed by atoms with Crippen molar-refractivity contribution in [1.29, 1.82) is 0 Å². The second kappa shape index (κ2) is 3.48. The van der Waals surface area contributed by atoms with Crippen LogP contribution in [0.3, 0.4) is 0 Å². The van der Waals surface area contributed by atoms with Crippen molar-refractivity contribution in [3.63, 3.8) is 0 Å². The van der Waals surface area contributed by atoms with Crippen LogP contribution in [-0.4, -0.2) is 35.0 Å². The van der Waals surface area contributed by atoms with Gasteiger partial charge in [0, 0.05) is 23.2 Å². The maximum atomic E-state index is 11.3. The summed E-state index contributed by atoms with van der Waals surface area (Å²) in [6, 6.07) is 0. The van der Waals surface area contributed by atoms with E-state index < -0.39 is 17.6 Å². The summed E-state index contributed by atoms with van der Waals surface area (Å²) in [4.78, 5) is 11.3. The summed E-state index contributed by atoms with van der Waals surface area (Å²) in [6.07, 6.45) is 2.09. The summed E-state index contributed by atoms with van der Waals surface area (Å²) in [5.41, 5.74) is -1.02. The largest absolute Gasteiger partial charge is 0.465 e. The molecule has 4 heteroatoms. The fraction of sp³-hybridized carbons (Fsp3) is 0.941. The number of aliphatic hydroxyl groups excluding tert-OH is 2. The van der Waals surface area contributed by atoms with Gasteiger partial charge in [-0.05, 0) is 30.1 Å². The standard InChI is InChI=1S/C17H26O4/c1-9(18)21-8-14(2)6-5-7-15(3)11-10-12(19)17(14,15)13(20)16(10,11)4/h10-13,19-20H,5-8H2,1-4H3/t10?,11-,12-,13+,14-,15-,16?,17-/m1/s1. The van der Waals surface area contributed by atoms with E-state index in [9.17, 15) is 15.0 Å². The van der Waals surface area contributed by atoms with Gasteiger partial charge < -0.3 is 14.9 Å². The lowest BCUT2D eigenvalue weighted by Crippen LogP contribution is -2.61. The van der Waals surface area contributed by atoms with Gasteiger partial charge in [-0.2, -0.15) is 0 Å². The number of ether oxygens (including phenoxy) is 1. The second-order valence-corrected chi connectivity index (χ2v) is 8.70. The molecule has 8 atom stereocenters. The molecule has 5 fully saturated rings. The lowest BCUT2D eigenvalue weighted by molar-refractivity contribution is -0.201. The molecule has 0 amide bonds. The number of hydrogen-bond donors (Lipinski definition) is 2. The molecule has 0 aromatic carbocycles. The first kappa shape index (κ1) is 14.0. The minimum absolute atomic E-state index is 0.0294. The van der Waals surface area contributed by atoms with E-state index in [0.29, 0.717) is 12.5 Å². The minimum atomic E-state index is -0.516. The van der Waals surface area contributed by atoms with Gasteiger partial charge in [-0.3, -0.25) is 4.79 Å². The van der Waals surface area contributed by atoms with Crippen LogP contribution in [0.15, 0.2) is 0 Å². The van der Waals surface area contributed by atoms with Gasteiger partial charge in [-0.1, -0.05) is 27.2 Å². The van der Waals surface area contributed by atoms with E-state index in [0.717, 1.165) is 19.3 Å². The van der Waals surface area contributed by atoms with E-state index in [-0.39, 0.29) is 28.1 Å². The Morgan fingerprint density at radius 3 is 2.43 bits per heavy atom. The first-order valence-corrected chi connectivity index (χ1v) is 8.17. The third kappa shape index (κ3) is 1.09. The fourth-order valence-electron chi connectivity index (χ4n) is 7.61. The molecular formula is C17H26O4. The Labute approximate surface area is 125 Å². The summed E-state index contributed by atoms with van der Waals surface area (Å²) in [5, 5.41) is 22.2. The van der Waals surface area contributed by atoms with Crippen molar-refractivity contribution >= 4 is 5.97 Å². The van der Waals surface area contributed by atoms with Crippen LogP contribution in [-0.2, 0) is 9.53 Å². The van der Waals surface area contributed by atoms with Gasteiger partial charge in [-0.15, -0.1) is 0 Å². The topological polar surface area (TPSA) is 66.8 Å². The van der Waals surface area contributed by atoms with Crippen molar-refractivity contribution in [3.05, 3.63) is 0 Å². The maximum Gasteiger partial charge on any atom is 0.302 e. The Hall–Kier alpha value is -0.610. The molecule has 0 radical (unpaired) electrons. The van der Waals surface area contributed by atoms with Crippen LogP contribution >= 0.6 is 0 Å². The van der Waals surface area contributed by atoms with Gasteiger partial charge in [-0.25, -0.2) is 0 Å². The highest BCUT2D eigenvalue weighted by atomic mass is 16.5. The van der Waals surface area contributed by atoms with E-state index in [4.69, 9.17) is 4.74 Å². The third-order valence-corrected chi connectivity index (χ3v) is 8.11. The number of hydrogen-bond acceptors (Lipinski definition) is 4. The zero-order valence-electron chi connectivity index (χ0n) is 13.3. The van der Waals surface area contributed by atoms with E-state index in [1.54, 1.807) is 0 Å². The molecule has 0 aromatic heterocycles. The Balaban J connectivity index is 1.83. The number of carbonyl (C=O) groups is 1. The molecule has 4 bridgehead atoms. The third-order valence-electron chi connectivity index (χ3n) is 8.11. The molecule has 5 rings (SSSR count). The smallest absolute Gasteiger partial charge is 0.302 e. The molecule has 1 spiro atoms. The van der Waals surface area contributed by atoms with Crippen molar-refractivity contribution < 1.29 is 19.7 Å². The summed E-state index contributed by atoms with van der Waals surface area (Å²) >= 11 is 0.